The van der Waals surface area contributed by atoms with Crippen molar-refractivity contribution in [3.05, 3.63) is 45.9 Å². The molecule has 0 radical (unpaired) electrons. The van der Waals surface area contributed by atoms with Crippen molar-refractivity contribution >= 4 is 27.3 Å². The first kappa shape index (κ1) is 19.9. The van der Waals surface area contributed by atoms with E-state index in [2.05, 4.69) is 4.98 Å². The number of hydrogen-bond donors (Lipinski definition) is 0. The number of sulfonamides is 1. The Labute approximate surface area is 164 Å². The van der Waals surface area contributed by atoms with Crippen molar-refractivity contribution in [2.24, 2.45) is 0 Å². The number of likely N-dealkylation sites (N-methyl/N-ethyl adjacent to an activating group) is 1. The average molecular weight is 409 g/mol. The van der Waals surface area contributed by atoms with Crippen molar-refractivity contribution in [3.8, 4) is 0 Å². The molecule has 0 spiro atoms. The normalized spacial score (nSPS) is 14.6. The lowest BCUT2D eigenvalue weighted by atomic mass is 10.00. The molecule has 0 atom stereocenters. The molecule has 0 saturated carbocycles. The van der Waals surface area contributed by atoms with Gasteiger partial charge in [-0.2, -0.15) is 4.31 Å². The summed E-state index contributed by atoms with van der Waals surface area (Å²) in [6.07, 6.45) is 2.41. The maximum absolute atomic E-state index is 12.9. The summed E-state index contributed by atoms with van der Waals surface area (Å²) in [6, 6.07) is 5.23. The Bertz CT molecular complexity index is 911. The SMILES string of the molecule is CN(C)CC(=O)N1CCc2ccc(S(=O)(=O)N(C)Cc3nccs3)cc2C1. The minimum absolute atomic E-state index is 0.0554. The van der Waals surface area contributed by atoms with Crippen LogP contribution >= 0.6 is 11.3 Å². The third-order valence-electron chi connectivity index (χ3n) is 4.54. The number of carbonyl (C=O) groups excluding carboxylic acids is 1. The van der Waals surface area contributed by atoms with Crippen LogP contribution < -0.4 is 0 Å². The Balaban J connectivity index is 1.79. The van der Waals surface area contributed by atoms with E-state index in [4.69, 9.17) is 0 Å². The van der Waals surface area contributed by atoms with E-state index in [1.165, 1.54) is 15.6 Å². The topological polar surface area (TPSA) is 73.8 Å². The monoisotopic (exact) mass is 408 g/mol. The van der Waals surface area contributed by atoms with Crippen LogP contribution in [0.1, 0.15) is 16.1 Å². The van der Waals surface area contributed by atoms with E-state index >= 15 is 0 Å². The summed E-state index contributed by atoms with van der Waals surface area (Å²) in [5.41, 5.74) is 2.00. The van der Waals surface area contributed by atoms with Gasteiger partial charge in [0.15, 0.2) is 0 Å². The summed E-state index contributed by atoms with van der Waals surface area (Å²) in [7, 11) is 1.66. The fourth-order valence-corrected chi connectivity index (χ4v) is 5.00. The smallest absolute Gasteiger partial charge is 0.243 e. The van der Waals surface area contributed by atoms with E-state index in [0.717, 1.165) is 22.6 Å². The van der Waals surface area contributed by atoms with Gasteiger partial charge >= 0.3 is 0 Å². The zero-order valence-electron chi connectivity index (χ0n) is 15.8. The molecular formula is C18H24N4O3S2. The molecule has 0 N–H and O–H groups in total. The minimum Gasteiger partial charge on any atom is -0.337 e. The molecule has 1 amide bonds. The molecule has 2 aromatic rings. The van der Waals surface area contributed by atoms with Gasteiger partial charge in [0, 0.05) is 31.7 Å². The second kappa shape index (κ2) is 8.05. The number of aromatic nitrogens is 1. The maximum atomic E-state index is 12.9. The Kier molecular flexibility index (Phi) is 5.95. The molecule has 0 fully saturated rings. The van der Waals surface area contributed by atoms with Gasteiger partial charge in [0.05, 0.1) is 18.0 Å². The number of thiazole rings is 1. The van der Waals surface area contributed by atoms with Gasteiger partial charge in [0.2, 0.25) is 15.9 Å². The quantitative estimate of drug-likeness (QED) is 0.723. The van der Waals surface area contributed by atoms with E-state index < -0.39 is 10.0 Å². The third-order valence-corrected chi connectivity index (χ3v) is 7.11. The number of rotatable bonds is 6. The average Bonchev–Trinajstić information content (AvgIpc) is 3.13. The van der Waals surface area contributed by atoms with Crippen molar-refractivity contribution in [3.63, 3.8) is 0 Å². The van der Waals surface area contributed by atoms with Crippen LogP contribution in [0, 0.1) is 0 Å². The highest BCUT2D eigenvalue weighted by Crippen LogP contribution is 2.25. The van der Waals surface area contributed by atoms with Crippen LogP contribution in [-0.2, 0) is 34.3 Å². The molecule has 0 aliphatic carbocycles. The Morgan fingerprint density at radius 1 is 1.26 bits per heavy atom. The summed E-state index contributed by atoms with van der Waals surface area (Å²) in [5, 5.41) is 2.58. The summed E-state index contributed by atoms with van der Waals surface area (Å²) in [4.78, 5) is 20.4. The first-order valence-corrected chi connectivity index (χ1v) is 11.0. The lowest BCUT2D eigenvalue weighted by molar-refractivity contribution is -0.132. The molecule has 146 valence electrons. The number of carbonyl (C=O) groups is 1. The molecular weight excluding hydrogens is 384 g/mol. The van der Waals surface area contributed by atoms with Gasteiger partial charge in [-0.15, -0.1) is 11.3 Å². The number of benzene rings is 1. The summed E-state index contributed by atoms with van der Waals surface area (Å²) in [6.45, 7) is 1.70. The zero-order chi connectivity index (χ0) is 19.6. The highest BCUT2D eigenvalue weighted by molar-refractivity contribution is 7.89. The molecule has 2 heterocycles. The van der Waals surface area contributed by atoms with E-state index in [1.54, 1.807) is 30.3 Å². The molecule has 0 bridgehead atoms. The summed E-state index contributed by atoms with van der Waals surface area (Å²) < 4.78 is 27.2. The molecule has 7 nitrogen and oxygen atoms in total. The predicted molar refractivity (Wildman–Crippen MR) is 105 cm³/mol. The predicted octanol–water partition coefficient (Wildman–Crippen LogP) is 1.41. The van der Waals surface area contributed by atoms with E-state index in [-0.39, 0.29) is 17.3 Å². The Hall–Kier alpha value is -1.81. The second-order valence-electron chi connectivity index (χ2n) is 6.92. The lowest BCUT2D eigenvalue weighted by Crippen LogP contribution is -2.41. The first-order chi connectivity index (χ1) is 12.8. The molecule has 1 aliphatic heterocycles. The molecule has 1 aliphatic rings. The van der Waals surface area contributed by atoms with Crippen molar-refractivity contribution in [1.82, 2.24) is 19.1 Å². The first-order valence-electron chi connectivity index (χ1n) is 8.66. The third kappa shape index (κ3) is 4.55. The van der Waals surface area contributed by atoms with Gasteiger partial charge in [-0.05, 0) is 43.8 Å². The standard InChI is InChI=1S/C18H24N4O3S2/c1-20(2)13-18(23)22-8-6-14-4-5-16(10-15(14)11-22)27(24,25)21(3)12-17-19-7-9-26-17/h4-5,7,9-10H,6,8,11-13H2,1-3H3. The molecule has 0 saturated heterocycles. The van der Waals surface area contributed by atoms with Crippen LogP contribution in [0.4, 0.5) is 0 Å². The minimum atomic E-state index is -3.62. The van der Waals surface area contributed by atoms with Crippen LogP contribution in [0.3, 0.4) is 0 Å². The second-order valence-corrected chi connectivity index (χ2v) is 9.94. The largest absolute Gasteiger partial charge is 0.337 e. The van der Waals surface area contributed by atoms with Crippen molar-refractivity contribution in [2.75, 3.05) is 34.2 Å². The van der Waals surface area contributed by atoms with Gasteiger partial charge in [-0.25, -0.2) is 13.4 Å². The van der Waals surface area contributed by atoms with E-state index in [0.29, 0.717) is 19.6 Å². The van der Waals surface area contributed by atoms with Crippen LogP contribution in [0.15, 0.2) is 34.7 Å². The zero-order valence-corrected chi connectivity index (χ0v) is 17.4. The highest BCUT2D eigenvalue weighted by atomic mass is 32.2. The van der Waals surface area contributed by atoms with Crippen LogP contribution in [0.2, 0.25) is 0 Å². The van der Waals surface area contributed by atoms with Gasteiger partial charge in [-0.3, -0.25) is 4.79 Å². The number of amides is 1. The van der Waals surface area contributed by atoms with Crippen LogP contribution in [-0.4, -0.2) is 67.6 Å². The summed E-state index contributed by atoms with van der Waals surface area (Å²) in [5.74, 6) is 0.0554. The van der Waals surface area contributed by atoms with E-state index in [9.17, 15) is 13.2 Å². The molecule has 0 unspecified atom stereocenters. The fourth-order valence-electron chi connectivity index (χ4n) is 3.06. The number of nitrogens with zero attached hydrogens (tertiary/aromatic N) is 4. The summed E-state index contributed by atoms with van der Waals surface area (Å²) >= 11 is 1.43. The Morgan fingerprint density at radius 2 is 2.04 bits per heavy atom. The van der Waals surface area contributed by atoms with Crippen LogP contribution in [0.25, 0.3) is 0 Å². The molecule has 3 rings (SSSR count). The number of fused-ring (bicyclic) bond motifs is 1. The van der Waals surface area contributed by atoms with Crippen molar-refractivity contribution in [1.29, 1.82) is 0 Å². The van der Waals surface area contributed by atoms with Crippen molar-refractivity contribution in [2.45, 2.75) is 24.4 Å². The molecule has 1 aromatic carbocycles. The molecule has 27 heavy (non-hydrogen) atoms. The molecule has 9 heteroatoms. The van der Waals surface area contributed by atoms with Gasteiger partial charge < -0.3 is 9.80 Å². The van der Waals surface area contributed by atoms with Gasteiger partial charge in [0.25, 0.3) is 0 Å². The lowest BCUT2D eigenvalue weighted by Gasteiger charge is -2.30. The highest BCUT2D eigenvalue weighted by Gasteiger charge is 2.26. The van der Waals surface area contributed by atoms with Gasteiger partial charge in [-0.1, -0.05) is 6.07 Å². The fraction of sp³-hybridized carbons (Fsp3) is 0.444. The van der Waals surface area contributed by atoms with Gasteiger partial charge in [0.1, 0.15) is 5.01 Å². The maximum Gasteiger partial charge on any atom is 0.243 e. The Morgan fingerprint density at radius 3 is 2.70 bits per heavy atom. The van der Waals surface area contributed by atoms with Crippen LogP contribution in [0.5, 0.6) is 0 Å². The van der Waals surface area contributed by atoms with Crippen molar-refractivity contribution < 1.29 is 13.2 Å². The molecule has 1 aromatic heterocycles. The van der Waals surface area contributed by atoms with E-state index in [1.807, 2.05) is 30.4 Å². The number of hydrogen-bond acceptors (Lipinski definition) is 6.